The van der Waals surface area contributed by atoms with Gasteiger partial charge in [-0.1, -0.05) is 48.5 Å². The molecule has 1 atom stereocenters. The third kappa shape index (κ3) is 3.46. The predicted octanol–water partition coefficient (Wildman–Crippen LogP) is 4.65. The van der Waals surface area contributed by atoms with E-state index >= 15 is 0 Å². The molecule has 3 aromatic carbocycles. The first kappa shape index (κ1) is 19.1. The second-order valence-corrected chi connectivity index (χ2v) is 8.77. The zero-order valence-corrected chi connectivity index (χ0v) is 17.7. The number of aryl methyl sites for hydroxylation is 1. The Kier molecular flexibility index (Phi) is 4.75. The third-order valence-corrected chi connectivity index (χ3v) is 6.74. The van der Waals surface area contributed by atoms with Gasteiger partial charge in [0.2, 0.25) is 0 Å². The Balaban J connectivity index is 1.36. The molecule has 4 heteroatoms. The van der Waals surface area contributed by atoms with Gasteiger partial charge in [0.05, 0.1) is 5.54 Å². The third-order valence-electron chi connectivity index (χ3n) is 6.74. The van der Waals surface area contributed by atoms with Crippen LogP contribution in [0.2, 0.25) is 0 Å². The van der Waals surface area contributed by atoms with E-state index in [0.717, 1.165) is 30.7 Å². The second-order valence-electron chi connectivity index (χ2n) is 8.77. The fraction of sp³-hybridized carbons (Fsp3) is 0.346. The normalized spacial score (nSPS) is 19.9. The number of nitrogens with zero attached hydrogens (tertiary/aromatic N) is 1. The molecule has 1 aliphatic carbocycles. The number of hydrogen-bond donors (Lipinski definition) is 1. The largest absolute Gasteiger partial charge is 0.492 e. The number of carbonyl (C=O) groups excluding carboxylic acids is 1. The number of likely N-dealkylation sites (tertiary alicyclic amines) is 1. The van der Waals surface area contributed by atoms with Crippen molar-refractivity contribution in [3.05, 3.63) is 77.4 Å². The van der Waals surface area contributed by atoms with Crippen LogP contribution in [0.1, 0.15) is 40.7 Å². The van der Waals surface area contributed by atoms with E-state index in [1.165, 1.54) is 22.8 Å². The first-order valence-corrected chi connectivity index (χ1v) is 10.8. The van der Waals surface area contributed by atoms with Crippen molar-refractivity contribution < 1.29 is 9.53 Å². The second kappa shape index (κ2) is 7.44. The maximum atomic E-state index is 13.3. The maximum Gasteiger partial charge on any atom is 0.252 e. The van der Waals surface area contributed by atoms with Crippen LogP contribution in [0, 0.1) is 6.92 Å². The molecule has 0 bridgehead atoms. The van der Waals surface area contributed by atoms with Crippen LogP contribution in [0.5, 0.6) is 5.75 Å². The van der Waals surface area contributed by atoms with Crippen molar-refractivity contribution in [2.24, 2.45) is 0 Å². The topological polar surface area (TPSA) is 41.6 Å². The Bertz CT molecular complexity index is 1100. The number of nitrogens with one attached hydrogen (secondary N) is 1. The van der Waals surface area contributed by atoms with Crippen molar-refractivity contribution in [2.45, 2.75) is 37.8 Å². The zero-order valence-electron chi connectivity index (χ0n) is 17.7. The van der Waals surface area contributed by atoms with Gasteiger partial charge in [0.1, 0.15) is 12.4 Å². The lowest BCUT2D eigenvalue weighted by Gasteiger charge is -2.37. The van der Waals surface area contributed by atoms with E-state index in [0.29, 0.717) is 18.2 Å². The lowest BCUT2D eigenvalue weighted by atomic mass is 9.96. The molecule has 1 saturated carbocycles. The standard InChI is InChI=1S/C26H28N2O2/c1-18-10-11-21(30-17-20-12-15-28(20)2)16-23(18)25(29)27-26(13-14-26)24-9-5-7-19-6-3-4-8-22(19)24/h3-11,16,20H,12-15,17H2,1-2H3,(H,27,29)/t20-/m0/s1. The van der Waals surface area contributed by atoms with E-state index < -0.39 is 0 Å². The molecular formula is C26H28N2O2. The van der Waals surface area contributed by atoms with Crippen molar-refractivity contribution in [3.63, 3.8) is 0 Å². The van der Waals surface area contributed by atoms with Gasteiger partial charge < -0.3 is 10.1 Å². The van der Waals surface area contributed by atoms with Gasteiger partial charge in [-0.15, -0.1) is 0 Å². The van der Waals surface area contributed by atoms with Crippen LogP contribution < -0.4 is 10.1 Å². The van der Waals surface area contributed by atoms with Gasteiger partial charge in [0.15, 0.2) is 0 Å². The Labute approximate surface area is 177 Å². The lowest BCUT2D eigenvalue weighted by Crippen LogP contribution is -2.48. The number of hydrogen-bond acceptors (Lipinski definition) is 3. The fourth-order valence-corrected chi connectivity index (χ4v) is 4.42. The Morgan fingerprint density at radius 2 is 1.93 bits per heavy atom. The Hall–Kier alpha value is -2.85. The van der Waals surface area contributed by atoms with Crippen molar-refractivity contribution in [1.82, 2.24) is 10.2 Å². The number of benzene rings is 3. The van der Waals surface area contributed by atoms with Gasteiger partial charge in [-0.2, -0.15) is 0 Å². The highest BCUT2D eigenvalue weighted by Gasteiger charge is 2.46. The molecule has 0 radical (unpaired) electrons. The molecule has 1 aliphatic heterocycles. The molecule has 0 spiro atoms. The summed E-state index contributed by atoms with van der Waals surface area (Å²) in [5, 5.41) is 5.78. The summed E-state index contributed by atoms with van der Waals surface area (Å²) in [5.74, 6) is 0.741. The number of carbonyl (C=O) groups is 1. The summed E-state index contributed by atoms with van der Waals surface area (Å²) >= 11 is 0. The summed E-state index contributed by atoms with van der Waals surface area (Å²) in [7, 11) is 2.12. The number of rotatable bonds is 6. The summed E-state index contributed by atoms with van der Waals surface area (Å²) in [6.07, 6.45) is 3.11. The first-order chi connectivity index (χ1) is 14.6. The van der Waals surface area contributed by atoms with Gasteiger partial charge >= 0.3 is 0 Å². The smallest absolute Gasteiger partial charge is 0.252 e. The van der Waals surface area contributed by atoms with Gasteiger partial charge in [0, 0.05) is 11.6 Å². The van der Waals surface area contributed by atoms with E-state index in [9.17, 15) is 4.79 Å². The number of fused-ring (bicyclic) bond motifs is 1. The SMILES string of the molecule is Cc1ccc(OC[C@@H]2CCN2C)cc1C(=O)NC1(c2cccc3ccccc23)CC1. The number of ether oxygens (including phenoxy) is 1. The Morgan fingerprint density at radius 1 is 1.13 bits per heavy atom. The van der Waals surface area contributed by atoms with Crippen molar-refractivity contribution in [3.8, 4) is 5.75 Å². The molecule has 4 nitrogen and oxygen atoms in total. The summed E-state index contributed by atoms with van der Waals surface area (Å²) in [6.45, 7) is 3.78. The molecule has 154 valence electrons. The minimum absolute atomic E-state index is 0.0239. The molecule has 1 amide bonds. The monoisotopic (exact) mass is 400 g/mol. The number of amides is 1. The lowest BCUT2D eigenvalue weighted by molar-refractivity contribution is 0.0767. The summed E-state index contributed by atoms with van der Waals surface area (Å²) in [6, 6.07) is 21.1. The van der Waals surface area contributed by atoms with Crippen molar-refractivity contribution >= 4 is 16.7 Å². The van der Waals surface area contributed by atoms with Gasteiger partial charge in [-0.25, -0.2) is 0 Å². The minimum atomic E-state index is -0.268. The average Bonchev–Trinajstić information content (AvgIpc) is 3.53. The first-order valence-electron chi connectivity index (χ1n) is 10.8. The minimum Gasteiger partial charge on any atom is -0.492 e. The van der Waals surface area contributed by atoms with Crippen LogP contribution in [-0.2, 0) is 5.54 Å². The van der Waals surface area contributed by atoms with Crippen LogP contribution in [-0.4, -0.2) is 37.0 Å². The van der Waals surface area contributed by atoms with E-state index in [1.807, 2.05) is 25.1 Å². The van der Waals surface area contributed by atoms with Crippen LogP contribution in [0.25, 0.3) is 10.8 Å². The molecule has 1 saturated heterocycles. The highest BCUT2D eigenvalue weighted by atomic mass is 16.5. The van der Waals surface area contributed by atoms with Gasteiger partial charge in [0.25, 0.3) is 5.91 Å². The predicted molar refractivity (Wildman–Crippen MR) is 120 cm³/mol. The molecule has 30 heavy (non-hydrogen) atoms. The molecule has 2 aliphatic rings. The van der Waals surface area contributed by atoms with Gasteiger partial charge in [-0.3, -0.25) is 9.69 Å². The van der Waals surface area contributed by atoms with Crippen LogP contribution >= 0.6 is 0 Å². The van der Waals surface area contributed by atoms with Gasteiger partial charge in [-0.05, 0) is 73.8 Å². The quantitative estimate of drug-likeness (QED) is 0.655. The Morgan fingerprint density at radius 3 is 2.67 bits per heavy atom. The average molecular weight is 401 g/mol. The molecule has 1 N–H and O–H groups in total. The van der Waals surface area contributed by atoms with Crippen molar-refractivity contribution in [1.29, 1.82) is 0 Å². The molecule has 2 fully saturated rings. The summed E-state index contributed by atoms with van der Waals surface area (Å²) < 4.78 is 5.99. The van der Waals surface area contributed by atoms with Crippen LogP contribution in [0.4, 0.5) is 0 Å². The molecule has 0 aromatic heterocycles. The number of likely N-dealkylation sites (N-methyl/N-ethyl adjacent to an activating group) is 1. The van der Waals surface area contributed by atoms with Crippen LogP contribution in [0.3, 0.4) is 0 Å². The van der Waals surface area contributed by atoms with E-state index in [1.54, 1.807) is 0 Å². The summed E-state index contributed by atoms with van der Waals surface area (Å²) in [5.41, 5.74) is 2.61. The van der Waals surface area contributed by atoms with E-state index in [2.05, 4.69) is 59.7 Å². The molecule has 5 rings (SSSR count). The highest BCUT2D eigenvalue weighted by Crippen LogP contribution is 2.48. The summed E-state index contributed by atoms with van der Waals surface area (Å²) in [4.78, 5) is 15.6. The molecule has 0 unspecified atom stereocenters. The fourth-order valence-electron chi connectivity index (χ4n) is 4.42. The van der Waals surface area contributed by atoms with Crippen molar-refractivity contribution in [2.75, 3.05) is 20.2 Å². The molecular weight excluding hydrogens is 372 g/mol. The molecule has 1 heterocycles. The molecule has 3 aromatic rings. The van der Waals surface area contributed by atoms with E-state index in [4.69, 9.17) is 4.74 Å². The van der Waals surface area contributed by atoms with E-state index in [-0.39, 0.29) is 11.4 Å². The van der Waals surface area contributed by atoms with Crippen LogP contribution in [0.15, 0.2) is 60.7 Å². The maximum absolute atomic E-state index is 13.3. The highest BCUT2D eigenvalue weighted by molar-refractivity contribution is 5.97. The zero-order chi connectivity index (χ0) is 20.7.